The van der Waals surface area contributed by atoms with Crippen LogP contribution in [0.25, 0.3) is 0 Å². The lowest BCUT2D eigenvalue weighted by atomic mass is 10.1. The van der Waals surface area contributed by atoms with Crippen LogP contribution in [0.15, 0.2) is 22.7 Å². The highest BCUT2D eigenvalue weighted by Crippen LogP contribution is 2.46. The van der Waals surface area contributed by atoms with Gasteiger partial charge in [-0.1, -0.05) is 15.9 Å². The molecule has 1 aromatic carbocycles. The van der Waals surface area contributed by atoms with E-state index in [0.717, 1.165) is 27.7 Å². The Bertz CT molecular complexity index is 401. The van der Waals surface area contributed by atoms with Crippen LogP contribution < -0.4 is 10.1 Å². The minimum atomic E-state index is 0.665. The second kappa shape index (κ2) is 4.52. The van der Waals surface area contributed by atoms with Gasteiger partial charge in [0.25, 0.3) is 0 Å². The first-order valence-electron chi connectivity index (χ1n) is 6.38. The Kier molecular flexibility index (Phi) is 3.03. The molecule has 0 aromatic heterocycles. The molecule has 0 radical (unpaired) electrons. The first-order chi connectivity index (χ1) is 8.28. The Balaban J connectivity index is 1.79. The van der Waals surface area contributed by atoms with E-state index in [0.29, 0.717) is 6.04 Å². The average molecular weight is 296 g/mol. The number of hydrogen-bond donors (Lipinski definition) is 1. The standard InChI is InChI=1S/C14H18BrNO/c1-17-13-7-6-11(15)8-12(13)16-14(9-2-3-9)10-4-5-10/h6-10,14,16H,2-5H2,1H3. The van der Waals surface area contributed by atoms with E-state index in [9.17, 15) is 0 Å². The van der Waals surface area contributed by atoms with Crippen molar-refractivity contribution < 1.29 is 4.74 Å². The molecule has 0 spiro atoms. The van der Waals surface area contributed by atoms with Crippen LogP contribution in [0.3, 0.4) is 0 Å². The van der Waals surface area contributed by atoms with E-state index in [1.165, 1.54) is 25.7 Å². The van der Waals surface area contributed by atoms with Gasteiger partial charge in [0.1, 0.15) is 5.75 Å². The number of hydrogen-bond acceptors (Lipinski definition) is 2. The Labute approximate surface area is 111 Å². The largest absolute Gasteiger partial charge is 0.495 e. The minimum Gasteiger partial charge on any atom is -0.495 e. The molecular weight excluding hydrogens is 278 g/mol. The lowest BCUT2D eigenvalue weighted by Gasteiger charge is -2.21. The summed E-state index contributed by atoms with van der Waals surface area (Å²) in [7, 11) is 1.73. The van der Waals surface area contributed by atoms with Gasteiger partial charge in [0, 0.05) is 10.5 Å². The number of nitrogens with one attached hydrogen (secondary N) is 1. The number of ether oxygens (including phenoxy) is 1. The number of halogens is 1. The number of benzene rings is 1. The summed E-state index contributed by atoms with van der Waals surface area (Å²) in [5, 5.41) is 3.71. The maximum atomic E-state index is 5.42. The maximum absolute atomic E-state index is 5.42. The van der Waals surface area contributed by atoms with Crippen LogP contribution in [0.2, 0.25) is 0 Å². The van der Waals surface area contributed by atoms with E-state index in [4.69, 9.17) is 4.74 Å². The molecule has 2 nitrogen and oxygen atoms in total. The molecule has 0 unspecified atom stereocenters. The van der Waals surface area contributed by atoms with E-state index < -0.39 is 0 Å². The fourth-order valence-electron chi connectivity index (χ4n) is 2.50. The molecule has 3 rings (SSSR count). The van der Waals surface area contributed by atoms with Crippen LogP contribution in [0.5, 0.6) is 5.75 Å². The van der Waals surface area contributed by atoms with Gasteiger partial charge in [0.05, 0.1) is 12.8 Å². The van der Waals surface area contributed by atoms with E-state index in [2.05, 4.69) is 27.3 Å². The highest BCUT2D eigenvalue weighted by molar-refractivity contribution is 9.10. The third-order valence-corrected chi connectivity index (χ3v) is 4.24. The van der Waals surface area contributed by atoms with Gasteiger partial charge in [-0.15, -0.1) is 0 Å². The van der Waals surface area contributed by atoms with Gasteiger partial charge in [0.2, 0.25) is 0 Å². The SMILES string of the molecule is COc1ccc(Br)cc1NC(C1CC1)C1CC1. The molecule has 0 atom stereocenters. The summed E-state index contributed by atoms with van der Waals surface area (Å²) in [6, 6.07) is 6.82. The van der Waals surface area contributed by atoms with Crippen LogP contribution in [0, 0.1) is 11.8 Å². The Hall–Kier alpha value is -0.700. The molecule has 3 heteroatoms. The summed E-state index contributed by atoms with van der Waals surface area (Å²) in [4.78, 5) is 0. The second-order valence-corrected chi connectivity index (χ2v) is 6.11. The molecular formula is C14H18BrNO. The molecule has 92 valence electrons. The van der Waals surface area contributed by atoms with Crippen molar-refractivity contribution in [1.82, 2.24) is 0 Å². The van der Waals surface area contributed by atoms with Crippen molar-refractivity contribution in [3.8, 4) is 5.75 Å². The highest BCUT2D eigenvalue weighted by atomic mass is 79.9. The van der Waals surface area contributed by atoms with Gasteiger partial charge in [-0.25, -0.2) is 0 Å². The van der Waals surface area contributed by atoms with Crippen LogP contribution in [0.1, 0.15) is 25.7 Å². The third kappa shape index (κ3) is 2.59. The quantitative estimate of drug-likeness (QED) is 0.884. The fourth-order valence-corrected chi connectivity index (χ4v) is 2.86. The van der Waals surface area contributed by atoms with Crippen molar-refractivity contribution >= 4 is 21.6 Å². The average Bonchev–Trinajstić information content (AvgIpc) is 3.16. The molecule has 0 bridgehead atoms. The van der Waals surface area contributed by atoms with Crippen molar-refractivity contribution in [3.05, 3.63) is 22.7 Å². The third-order valence-electron chi connectivity index (χ3n) is 3.74. The molecule has 17 heavy (non-hydrogen) atoms. The van der Waals surface area contributed by atoms with Gasteiger partial charge in [-0.2, -0.15) is 0 Å². The van der Waals surface area contributed by atoms with Crippen LogP contribution >= 0.6 is 15.9 Å². The van der Waals surface area contributed by atoms with Crippen LogP contribution in [0.4, 0.5) is 5.69 Å². The van der Waals surface area contributed by atoms with Gasteiger partial charge in [-0.3, -0.25) is 0 Å². The summed E-state index contributed by atoms with van der Waals surface area (Å²) in [5.41, 5.74) is 1.13. The molecule has 0 saturated heterocycles. The van der Waals surface area contributed by atoms with Crippen molar-refractivity contribution in [3.63, 3.8) is 0 Å². The smallest absolute Gasteiger partial charge is 0.142 e. The topological polar surface area (TPSA) is 21.3 Å². The predicted molar refractivity (Wildman–Crippen MR) is 73.6 cm³/mol. The van der Waals surface area contributed by atoms with Crippen molar-refractivity contribution in [1.29, 1.82) is 0 Å². The van der Waals surface area contributed by atoms with Crippen molar-refractivity contribution in [2.75, 3.05) is 12.4 Å². The minimum absolute atomic E-state index is 0.665. The van der Waals surface area contributed by atoms with E-state index in [1.807, 2.05) is 12.1 Å². The maximum Gasteiger partial charge on any atom is 0.142 e. The second-order valence-electron chi connectivity index (χ2n) is 5.19. The first-order valence-corrected chi connectivity index (χ1v) is 7.17. The zero-order valence-electron chi connectivity index (χ0n) is 10.1. The number of rotatable bonds is 5. The number of methoxy groups -OCH3 is 1. The van der Waals surface area contributed by atoms with Gasteiger partial charge < -0.3 is 10.1 Å². The van der Waals surface area contributed by atoms with Crippen molar-refractivity contribution in [2.24, 2.45) is 11.8 Å². The van der Waals surface area contributed by atoms with Crippen LogP contribution in [-0.2, 0) is 0 Å². The molecule has 2 aliphatic carbocycles. The normalized spacial score (nSPS) is 19.5. The lowest BCUT2D eigenvalue weighted by molar-refractivity contribution is 0.415. The number of anilines is 1. The monoisotopic (exact) mass is 295 g/mol. The van der Waals surface area contributed by atoms with E-state index in [-0.39, 0.29) is 0 Å². The fraction of sp³-hybridized carbons (Fsp3) is 0.571. The summed E-state index contributed by atoms with van der Waals surface area (Å²) >= 11 is 3.53. The Morgan fingerprint density at radius 1 is 1.24 bits per heavy atom. The zero-order valence-corrected chi connectivity index (χ0v) is 11.7. The first kappa shape index (κ1) is 11.4. The molecule has 0 heterocycles. The molecule has 2 saturated carbocycles. The highest BCUT2D eigenvalue weighted by Gasteiger charge is 2.41. The summed E-state index contributed by atoms with van der Waals surface area (Å²) in [5.74, 6) is 2.73. The summed E-state index contributed by atoms with van der Waals surface area (Å²) in [6.07, 6.45) is 5.57. The van der Waals surface area contributed by atoms with Gasteiger partial charge in [-0.05, 0) is 55.7 Å². The Morgan fingerprint density at radius 3 is 2.41 bits per heavy atom. The summed E-state index contributed by atoms with van der Waals surface area (Å²) < 4.78 is 6.52. The summed E-state index contributed by atoms with van der Waals surface area (Å²) in [6.45, 7) is 0. The Morgan fingerprint density at radius 2 is 1.88 bits per heavy atom. The van der Waals surface area contributed by atoms with Gasteiger partial charge in [0.15, 0.2) is 0 Å². The predicted octanol–water partition coefficient (Wildman–Crippen LogP) is 4.06. The molecule has 1 N–H and O–H groups in total. The molecule has 2 aliphatic rings. The lowest BCUT2D eigenvalue weighted by Crippen LogP contribution is -2.24. The van der Waals surface area contributed by atoms with Crippen LogP contribution in [-0.4, -0.2) is 13.2 Å². The molecule has 2 fully saturated rings. The molecule has 0 amide bonds. The molecule has 0 aliphatic heterocycles. The van der Waals surface area contributed by atoms with Gasteiger partial charge >= 0.3 is 0 Å². The van der Waals surface area contributed by atoms with Crippen molar-refractivity contribution in [2.45, 2.75) is 31.7 Å². The molecule has 1 aromatic rings. The zero-order chi connectivity index (χ0) is 11.8. The van der Waals surface area contributed by atoms with E-state index in [1.54, 1.807) is 7.11 Å². The van der Waals surface area contributed by atoms with E-state index >= 15 is 0 Å².